The number of carboxylic acids is 1. The van der Waals surface area contributed by atoms with E-state index in [1.165, 1.54) is 0 Å². The van der Waals surface area contributed by atoms with Crippen LogP contribution in [-0.2, 0) is 0 Å². The number of hydrogen-bond donors (Lipinski definition) is 2. The molecular formula is C13H19NO3. The minimum absolute atomic E-state index is 0.252. The molecule has 4 nitrogen and oxygen atoms in total. The number of nitrogens with zero attached hydrogens (tertiary/aromatic N) is 1. The number of rotatable bonds is 4. The van der Waals surface area contributed by atoms with Gasteiger partial charge in [-0.25, -0.2) is 4.79 Å². The Morgan fingerprint density at radius 3 is 2.47 bits per heavy atom. The van der Waals surface area contributed by atoms with Gasteiger partial charge in [0.25, 0.3) is 0 Å². The highest BCUT2D eigenvalue weighted by Gasteiger charge is 2.19. The molecule has 4 heteroatoms. The smallest absolute Gasteiger partial charge is 0.337 e. The number of aromatic carboxylic acids is 1. The highest BCUT2D eigenvalue weighted by atomic mass is 16.4. The second-order valence-corrected chi connectivity index (χ2v) is 4.99. The molecule has 1 aromatic rings. The van der Waals surface area contributed by atoms with Gasteiger partial charge in [-0.15, -0.1) is 0 Å². The quantitative estimate of drug-likeness (QED) is 0.839. The average molecular weight is 237 g/mol. The van der Waals surface area contributed by atoms with E-state index in [4.69, 9.17) is 5.11 Å². The van der Waals surface area contributed by atoms with Gasteiger partial charge in [0.2, 0.25) is 0 Å². The van der Waals surface area contributed by atoms with E-state index in [9.17, 15) is 9.90 Å². The van der Waals surface area contributed by atoms with Gasteiger partial charge >= 0.3 is 5.97 Å². The van der Waals surface area contributed by atoms with E-state index in [1.54, 1.807) is 37.9 Å². The number of carboxylic acid groups (broad SMARTS) is 1. The van der Waals surface area contributed by atoms with Crippen molar-refractivity contribution in [2.24, 2.45) is 0 Å². The van der Waals surface area contributed by atoms with Crippen LogP contribution >= 0.6 is 0 Å². The van der Waals surface area contributed by atoms with E-state index in [2.05, 4.69) is 0 Å². The van der Waals surface area contributed by atoms with Gasteiger partial charge < -0.3 is 15.1 Å². The predicted octanol–water partition coefficient (Wildman–Crippen LogP) is 1.90. The largest absolute Gasteiger partial charge is 0.478 e. The lowest BCUT2D eigenvalue weighted by atomic mass is 10.1. The lowest BCUT2D eigenvalue weighted by Gasteiger charge is -2.28. The van der Waals surface area contributed by atoms with Gasteiger partial charge in [0.1, 0.15) is 0 Å². The van der Waals surface area contributed by atoms with Gasteiger partial charge in [-0.3, -0.25) is 0 Å². The molecule has 0 unspecified atom stereocenters. The van der Waals surface area contributed by atoms with Crippen LogP contribution in [0.15, 0.2) is 18.2 Å². The van der Waals surface area contributed by atoms with Crippen molar-refractivity contribution in [2.75, 3.05) is 18.5 Å². The molecule has 0 saturated carbocycles. The van der Waals surface area contributed by atoms with Crippen LogP contribution < -0.4 is 4.90 Å². The van der Waals surface area contributed by atoms with Gasteiger partial charge in [-0.2, -0.15) is 0 Å². The number of aliphatic hydroxyl groups is 1. The molecule has 1 aromatic carbocycles. The van der Waals surface area contributed by atoms with E-state index in [0.29, 0.717) is 12.2 Å². The Kier molecular flexibility index (Phi) is 3.78. The van der Waals surface area contributed by atoms with E-state index in [0.717, 1.165) is 5.56 Å². The lowest BCUT2D eigenvalue weighted by Crippen LogP contribution is -2.36. The Bertz CT molecular complexity index is 421. The van der Waals surface area contributed by atoms with Crippen molar-refractivity contribution >= 4 is 11.7 Å². The molecule has 0 aliphatic rings. The molecule has 0 saturated heterocycles. The van der Waals surface area contributed by atoms with Gasteiger partial charge in [0.15, 0.2) is 0 Å². The predicted molar refractivity (Wildman–Crippen MR) is 67.7 cm³/mol. The summed E-state index contributed by atoms with van der Waals surface area (Å²) in [7, 11) is 1.78. The zero-order chi connectivity index (χ0) is 13.2. The van der Waals surface area contributed by atoms with Crippen molar-refractivity contribution in [1.29, 1.82) is 0 Å². The summed E-state index contributed by atoms with van der Waals surface area (Å²) < 4.78 is 0. The first kappa shape index (κ1) is 13.5. The van der Waals surface area contributed by atoms with Gasteiger partial charge in [0, 0.05) is 13.6 Å². The molecule has 2 N–H and O–H groups in total. The average Bonchev–Trinajstić information content (AvgIpc) is 2.14. The third kappa shape index (κ3) is 3.75. The normalized spacial score (nSPS) is 11.4. The highest BCUT2D eigenvalue weighted by molar-refractivity contribution is 5.94. The van der Waals surface area contributed by atoms with Crippen molar-refractivity contribution in [3.05, 3.63) is 29.3 Å². The van der Waals surface area contributed by atoms with E-state index in [1.807, 2.05) is 13.0 Å². The summed E-state index contributed by atoms with van der Waals surface area (Å²) in [6.07, 6.45) is 0. The molecule has 1 rings (SSSR count). The third-order valence-corrected chi connectivity index (χ3v) is 2.42. The number of carbonyl (C=O) groups is 1. The monoisotopic (exact) mass is 237 g/mol. The number of hydrogen-bond acceptors (Lipinski definition) is 3. The van der Waals surface area contributed by atoms with Crippen LogP contribution in [0.4, 0.5) is 5.69 Å². The van der Waals surface area contributed by atoms with Gasteiger partial charge in [-0.05, 0) is 38.5 Å². The molecule has 0 heterocycles. The molecule has 0 fully saturated rings. The lowest BCUT2D eigenvalue weighted by molar-refractivity contribution is 0.0694. The zero-order valence-electron chi connectivity index (χ0n) is 10.7. The summed E-state index contributed by atoms with van der Waals surface area (Å²) in [5.41, 5.74) is 1.00. The summed E-state index contributed by atoms with van der Waals surface area (Å²) in [5, 5.41) is 18.9. The second kappa shape index (κ2) is 4.75. The maximum Gasteiger partial charge on any atom is 0.337 e. The molecule has 0 spiro atoms. The molecule has 0 atom stereocenters. The molecule has 94 valence electrons. The fraction of sp³-hybridized carbons (Fsp3) is 0.462. The van der Waals surface area contributed by atoms with Crippen LogP contribution in [0.3, 0.4) is 0 Å². The number of aryl methyl sites for hydroxylation is 1. The fourth-order valence-corrected chi connectivity index (χ4v) is 1.80. The summed E-state index contributed by atoms with van der Waals surface area (Å²) in [6, 6.07) is 5.17. The van der Waals surface area contributed by atoms with E-state index < -0.39 is 11.6 Å². The topological polar surface area (TPSA) is 60.8 Å². The number of likely N-dealkylation sites (N-methyl/N-ethyl adjacent to an activating group) is 1. The molecule has 0 aliphatic heterocycles. The molecule has 0 aliphatic carbocycles. The Morgan fingerprint density at radius 2 is 2.00 bits per heavy atom. The van der Waals surface area contributed by atoms with Crippen molar-refractivity contribution in [2.45, 2.75) is 26.4 Å². The minimum Gasteiger partial charge on any atom is -0.478 e. The van der Waals surface area contributed by atoms with Crippen LogP contribution in [0.5, 0.6) is 0 Å². The molecular weight excluding hydrogens is 218 g/mol. The second-order valence-electron chi connectivity index (χ2n) is 4.99. The maximum atomic E-state index is 11.1. The molecule has 17 heavy (non-hydrogen) atoms. The molecule has 0 aromatic heterocycles. The third-order valence-electron chi connectivity index (χ3n) is 2.42. The SMILES string of the molecule is Cc1ccc(C(=O)O)c(N(C)CC(C)(C)O)c1. The summed E-state index contributed by atoms with van der Waals surface area (Å²) in [5.74, 6) is -0.956. The fourth-order valence-electron chi connectivity index (χ4n) is 1.80. The highest BCUT2D eigenvalue weighted by Crippen LogP contribution is 2.22. The zero-order valence-corrected chi connectivity index (χ0v) is 10.7. The van der Waals surface area contributed by atoms with Crippen LogP contribution in [-0.4, -0.2) is 35.4 Å². The van der Waals surface area contributed by atoms with E-state index in [-0.39, 0.29) is 5.56 Å². The first-order valence-electron chi connectivity index (χ1n) is 5.48. The Hall–Kier alpha value is -1.55. The van der Waals surface area contributed by atoms with Crippen LogP contribution in [0, 0.1) is 6.92 Å². The summed E-state index contributed by atoms with van der Waals surface area (Å²) in [6.45, 7) is 5.67. The summed E-state index contributed by atoms with van der Waals surface area (Å²) >= 11 is 0. The standard InChI is InChI=1S/C13H19NO3/c1-9-5-6-10(12(15)16)11(7-9)14(4)8-13(2,3)17/h5-7,17H,8H2,1-4H3,(H,15,16). The maximum absolute atomic E-state index is 11.1. The van der Waals surface area contributed by atoms with Crippen molar-refractivity contribution in [3.63, 3.8) is 0 Å². The van der Waals surface area contributed by atoms with Crippen LogP contribution in [0.2, 0.25) is 0 Å². The van der Waals surface area contributed by atoms with Crippen molar-refractivity contribution in [3.8, 4) is 0 Å². The van der Waals surface area contributed by atoms with Crippen LogP contribution in [0.25, 0.3) is 0 Å². The van der Waals surface area contributed by atoms with Crippen LogP contribution in [0.1, 0.15) is 29.8 Å². The first-order chi connectivity index (χ1) is 7.70. The Morgan fingerprint density at radius 1 is 1.41 bits per heavy atom. The van der Waals surface area contributed by atoms with E-state index >= 15 is 0 Å². The molecule has 0 amide bonds. The Balaban J connectivity index is 3.10. The Labute approximate surface area is 101 Å². The van der Waals surface area contributed by atoms with Gasteiger partial charge in [0.05, 0.1) is 16.9 Å². The van der Waals surface area contributed by atoms with Crippen molar-refractivity contribution < 1.29 is 15.0 Å². The molecule has 0 bridgehead atoms. The minimum atomic E-state index is -0.956. The first-order valence-corrected chi connectivity index (χ1v) is 5.48. The number of anilines is 1. The van der Waals surface area contributed by atoms with Crippen molar-refractivity contribution in [1.82, 2.24) is 0 Å². The summed E-state index contributed by atoms with van der Waals surface area (Å²) in [4.78, 5) is 12.9. The van der Waals surface area contributed by atoms with Gasteiger partial charge in [-0.1, -0.05) is 6.07 Å². The number of benzene rings is 1. The molecule has 0 radical (unpaired) electrons.